The Labute approximate surface area is 154 Å². The summed E-state index contributed by atoms with van der Waals surface area (Å²) < 4.78 is 7.57. The van der Waals surface area contributed by atoms with Crippen molar-refractivity contribution in [3.8, 4) is 5.75 Å². The highest BCUT2D eigenvalue weighted by atomic mass is 16.5. The molecular weight excluding hydrogens is 330 g/mol. The molecule has 1 aromatic carbocycles. The van der Waals surface area contributed by atoms with Crippen molar-refractivity contribution in [3.63, 3.8) is 0 Å². The molecule has 7 heteroatoms. The molecule has 0 bridgehead atoms. The summed E-state index contributed by atoms with van der Waals surface area (Å²) in [6, 6.07) is 8.11. The predicted molar refractivity (Wildman–Crippen MR) is 99.3 cm³/mol. The lowest BCUT2D eigenvalue weighted by Gasteiger charge is -2.23. The van der Waals surface area contributed by atoms with Crippen molar-refractivity contribution in [1.82, 2.24) is 25.2 Å². The van der Waals surface area contributed by atoms with Crippen molar-refractivity contribution in [2.24, 2.45) is 0 Å². The van der Waals surface area contributed by atoms with E-state index in [2.05, 4.69) is 15.6 Å². The van der Waals surface area contributed by atoms with Crippen LogP contribution in [0, 0.1) is 6.92 Å². The van der Waals surface area contributed by atoms with E-state index in [1.165, 1.54) is 0 Å². The van der Waals surface area contributed by atoms with E-state index in [0.29, 0.717) is 24.9 Å². The molecule has 1 fully saturated rings. The van der Waals surface area contributed by atoms with Crippen LogP contribution in [0.4, 0.5) is 0 Å². The highest BCUT2D eigenvalue weighted by molar-refractivity contribution is 5.93. The molecule has 0 aliphatic carbocycles. The minimum Gasteiger partial charge on any atom is -0.494 e. The molecule has 0 spiro atoms. The molecule has 1 N–H and O–H groups in total. The van der Waals surface area contributed by atoms with Gasteiger partial charge in [0, 0.05) is 19.2 Å². The van der Waals surface area contributed by atoms with E-state index in [9.17, 15) is 4.79 Å². The Hall–Kier alpha value is -2.41. The smallest absolute Gasteiger partial charge is 0.276 e. The zero-order valence-corrected chi connectivity index (χ0v) is 15.7. The van der Waals surface area contributed by atoms with Gasteiger partial charge in [0.15, 0.2) is 5.69 Å². The van der Waals surface area contributed by atoms with Crippen LogP contribution in [0.5, 0.6) is 5.75 Å². The van der Waals surface area contributed by atoms with Gasteiger partial charge in [0.25, 0.3) is 5.91 Å². The first kappa shape index (κ1) is 18.4. The first-order chi connectivity index (χ1) is 12.6. The summed E-state index contributed by atoms with van der Waals surface area (Å²) in [4.78, 5) is 14.6. The maximum Gasteiger partial charge on any atom is 0.276 e. The van der Waals surface area contributed by atoms with Gasteiger partial charge in [-0.15, -0.1) is 5.10 Å². The number of benzene rings is 1. The average Bonchev–Trinajstić information content (AvgIpc) is 3.05. The Kier molecular flexibility index (Phi) is 5.88. The van der Waals surface area contributed by atoms with Gasteiger partial charge in [0.2, 0.25) is 0 Å². The fourth-order valence-electron chi connectivity index (χ4n) is 3.38. The molecule has 2 heterocycles. The van der Waals surface area contributed by atoms with Gasteiger partial charge in [-0.3, -0.25) is 4.79 Å². The van der Waals surface area contributed by atoms with E-state index in [4.69, 9.17) is 4.74 Å². The second-order valence-electron chi connectivity index (χ2n) is 6.65. The van der Waals surface area contributed by atoms with E-state index >= 15 is 0 Å². The Morgan fingerprint density at radius 1 is 1.35 bits per heavy atom. The maximum atomic E-state index is 12.9. The summed E-state index contributed by atoms with van der Waals surface area (Å²) in [5.41, 5.74) is 2.25. The standard InChI is InChI=1S/C19H27N5O2/c1-4-26-17-8-6-5-7-15(17)13-23(3)19(25)18-14(2)24(22-21-18)16-9-11-20-12-10-16/h5-8,16,20H,4,9-13H2,1-3H3. The van der Waals surface area contributed by atoms with Crippen molar-refractivity contribution >= 4 is 5.91 Å². The Morgan fingerprint density at radius 3 is 2.81 bits per heavy atom. The molecular formula is C19H27N5O2. The third-order valence-corrected chi connectivity index (χ3v) is 4.81. The number of carbonyl (C=O) groups excluding carboxylic acids is 1. The summed E-state index contributed by atoms with van der Waals surface area (Å²) in [6.45, 7) is 6.89. The fraction of sp³-hybridized carbons (Fsp3) is 0.526. The summed E-state index contributed by atoms with van der Waals surface area (Å²) in [7, 11) is 1.79. The number of rotatable bonds is 6. The van der Waals surface area contributed by atoms with E-state index in [1.807, 2.05) is 42.8 Å². The highest BCUT2D eigenvalue weighted by Crippen LogP contribution is 2.23. The largest absolute Gasteiger partial charge is 0.494 e. The second-order valence-corrected chi connectivity index (χ2v) is 6.65. The molecule has 0 saturated carbocycles. The monoisotopic (exact) mass is 357 g/mol. The van der Waals surface area contributed by atoms with Crippen LogP contribution in [0.15, 0.2) is 24.3 Å². The summed E-state index contributed by atoms with van der Waals surface area (Å²) in [5.74, 6) is 0.693. The summed E-state index contributed by atoms with van der Waals surface area (Å²) >= 11 is 0. The van der Waals surface area contributed by atoms with E-state index in [-0.39, 0.29) is 5.91 Å². The Balaban J connectivity index is 1.74. The lowest BCUT2D eigenvalue weighted by molar-refractivity contribution is 0.0777. The lowest BCUT2D eigenvalue weighted by Crippen LogP contribution is -2.30. The van der Waals surface area contributed by atoms with Crippen LogP contribution >= 0.6 is 0 Å². The number of hydrogen-bond donors (Lipinski definition) is 1. The first-order valence-corrected chi connectivity index (χ1v) is 9.20. The molecule has 2 aromatic rings. The van der Waals surface area contributed by atoms with Crippen LogP contribution in [0.3, 0.4) is 0 Å². The van der Waals surface area contributed by atoms with E-state index in [1.54, 1.807) is 11.9 Å². The van der Waals surface area contributed by atoms with Gasteiger partial charge >= 0.3 is 0 Å². The quantitative estimate of drug-likeness (QED) is 0.858. The van der Waals surface area contributed by atoms with Crippen LogP contribution in [0.2, 0.25) is 0 Å². The number of ether oxygens (including phenoxy) is 1. The van der Waals surface area contributed by atoms with Crippen LogP contribution in [-0.4, -0.2) is 52.5 Å². The SMILES string of the molecule is CCOc1ccccc1CN(C)C(=O)c1nnn(C2CCNCC2)c1C. The molecule has 3 rings (SSSR count). The minimum atomic E-state index is -0.117. The number of piperidine rings is 1. The van der Waals surface area contributed by atoms with Gasteiger partial charge in [0.1, 0.15) is 5.75 Å². The van der Waals surface area contributed by atoms with E-state index < -0.39 is 0 Å². The van der Waals surface area contributed by atoms with Gasteiger partial charge in [-0.1, -0.05) is 23.4 Å². The average molecular weight is 357 g/mol. The summed E-state index contributed by atoms with van der Waals surface area (Å²) in [6.07, 6.45) is 2.02. The zero-order chi connectivity index (χ0) is 18.5. The van der Waals surface area contributed by atoms with Crippen LogP contribution in [-0.2, 0) is 6.54 Å². The molecule has 1 aliphatic rings. The maximum absolute atomic E-state index is 12.9. The van der Waals surface area contributed by atoms with Crippen molar-refractivity contribution < 1.29 is 9.53 Å². The number of carbonyl (C=O) groups is 1. The van der Waals surface area contributed by atoms with Gasteiger partial charge in [-0.2, -0.15) is 0 Å². The third kappa shape index (κ3) is 3.88. The molecule has 26 heavy (non-hydrogen) atoms. The molecule has 0 unspecified atom stereocenters. The van der Waals surface area contributed by atoms with E-state index in [0.717, 1.165) is 42.9 Å². The number of amides is 1. The minimum absolute atomic E-state index is 0.117. The molecule has 7 nitrogen and oxygen atoms in total. The Morgan fingerprint density at radius 2 is 2.08 bits per heavy atom. The molecule has 1 aliphatic heterocycles. The van der Waals surface area contributed by atoms with Crippen LogP contribution < -0.4 is 10.1 Å². The van der Waals surface area contributed by atoms with Crippen molar-refractivity contribution in [1.29, 1.82) is 0 Å². The second kappa shape index (κ2) is 8.31. The number of para-hydroxylation sites is 1. The molecule has 0 radical (unpaired) electrons. The third-order valence-electron chi connectivity index (χ3n) is 4.81. The predicted octanol–water partition coefficient (Wildman–Crippen LogP) is 2.18. The molecule has 1 saturated heterocycles. The number of nitrogens with zero attached hydrogens (tertiary/aromatic N) is 4. The normalized spacial score (nSPS) is 15.0. The van der Waals surface area contributed by atoms with Gasteiger partial charge in [-0.05, 0) is 45.8 Å². The molecule has 1 amide bonds. The van der Waals surface area contributed by atoms with Crippen molar-refractivity contribution in [2.45, 2.75) is 39.3 Å². The molecule has 140 valence electrons. The van der Waals surface area contributed by atoms with Crippen LogP contribution in [0.25, 0.3) is 0 Å². The number of nitrogens with one attached hydrogen (secondary N) is 1. The van der Waals surface area contributed by atoms with Crippen molar-refractivity contribution in [2.75, 3.05) is 26.7 Å². The molecule has 0 atom stereocenters. The zero-order valence-electron chi connectivity index (χ0n) is 15.7. The molecule has 1 aromatic heterocycles. The number of aromatic nitrogens is 3. The fourth-order valence-corrected chi connectivity index (χ4v) is 3.38. The highest BCUT2D eigenvalue weighted by Gasteiger charge is 2.25. The van der Waals surface area contributed by atoms with Gasteiger partial charge in [0.05, 0.1) is 18.3 Å². The first-order valence-electron chi connectivity index (χ1n) is 9.20. The van der Waals surface area contributed by atoms with Gasteiger partial charge in [-0.25, -0.2) is 4.68 Å². The van der Waals surface area contributed by atoms with Crippen molar-refractivity contribution in [3.05, 3.63) is 41.2 Å². The number of hydrogen-bond acceptors (Lipinski definition) is 5. The Bertz CT molecular complexity index is 752. The van der Waals surface area contributed by atoms with Gasteiger partial charge < -0.3 is 15.0 Å². The van der Waals surface area contributed by atoms with Crippen LogP contribution in [0.1, 0.15) is 47.6 Å². The lowest BCUT2D eigenvalue weighted by atomic mass is 10.1. The topological polar surface area (TPSA) is 72.3 Å². The summed E-state index contributed by atoms with van der Waals surface area (Å²) in [5, 5.41) is 11.8.